The molecule has 0 aliphatic carbocycles. The highest BCUT2D eigenvalue weighted by molar-refractivity contribution is 5.85. The van der Waals surface area contributed by atoms with Crippen molar-refractivity contribution in [3.63, 3.8) is 0 Å². The van der Waals surface area contributed by atoms with Crippen molar-refractivity contribution < 1.29 is 23.0 Å². The highest BCUT2D eigenvalue weighted by Crippen LogP contribution is 2.23. The predicted octanol–water partition coefficient (Wildman–Crippen LogP) is 2.88. The number of ether oxygens (including phenoxy) is 2. The van der Waals surface area contributed by atoms with Crippen molar-refractivity contribution in [2.45, 2.75) is 19.1 Å². The number of alkyl halides is 2. The lowest BCUT2D eigenvalue weighted by Crippen LogP contribution is -2.35. The van der Waals surface area contributed by atoms with Crippen LogP contribution in [0.15, 0.2) is 24.3 Å². The van der Waals surface area contributed by atoms with Crippen molar-refractivity contribution in [1.29, 1.82) is 0 Å². The molecule has 1 aliphatic heterocycles. The highest BCUT2D eigenvalue weighted by atomic mass is 35.5. The van der Waals surface area contributed by atoms with Gasteiger partial charge in [0.1, 0.15) is 5.75 Å². The van der Waals surface area contributed by atoms with Gasteiger partial charge in [-0.1, -0.05) is 12.1 Å². The number of carbonyl (C=O) groups is 1. The average molecular weight is 280 g/mol. The molecule has 4 nitrogen and oxygen atoms in total. The summed E-state index contributed by atoms with van der Waals surface area (Å²) >= 11 is 0. The van der Waals surface area contributed by atoms with E-state index in [1.807, 2.05) is 0 Å². The molecule has 1 aromatic rings. The van der Waals surface area contributed by atoms with Crippen LogP contribution in [0, 0.1) is 0 Å². The summed E-state index contributed by atoms with van der Waals surface area (Å²) in [6.45, 7) is -2.48. The molecule has 0 spiro atoms. The number of carbonyl (C=O) groups excluding carboxylic acids is 1. The van der Waals surface area contributed by atoms with E-state index in [0.29, 0.717) is 13.0 Å². The second-order valence-corrected chi connectivity index (χ2v) is 3.57. The number of halogens is 3. The molecule has 1 aliphatic rings. The van der Waals surface area contributed by atoms with E-state index in [1.54, 1.807) is 12.1 Å². The van der Waals surface area contributed by atoms with E-state index < -0.39 is 12.7 Å². The number of benzene rings is 1. The largest absolute Gasteiger partial charge is 0.449 e. The van der Waals surface area contributed by atoms with Gasteiger partial charge in [-0.15, -0.1) is 12.4 Å². The molecule has 0 unspecified atom stereocenters. The molecule has 100 valence electrons. The first kappa shape index (κ1) is 14.5. The Morgan fingerprint density at radius 1 is 1.33 bits per heavy atom. The summed E-state index contributed by atoms with van der Waals surface area (Å²) in [6, 6.07) is 6.05. The minimum atomic E-state index is -2.83. The second-order valence-electron chi connectivity index (χ2n) is 3.57. The molecule has 2 rings (SSSR count). The summed E-state index contributed by atoms with van der Waals surface area (Å²) in [5, 5.41) is 2.64. The third kappa shape index (κ3) is 3.73. The number of nitrogens with one attached hydrogen (secondary N) is 1. The Kier molecular flexibility index (Phi) is 5.15. The quantitative estimate of drug-likeness (QED) is 0.925. The van der Waals surface area contributed by atoms with Gasteiger partial charge in [0.2, 0.25) is 0 Å². The van der Waals surface area contributed by atoms with Gasteiger partial charge in [-0.3, -0.25) is 0 Å². The molecule has 1 amide bonds. The molecule has 1 aromatic carbocycles. The molecule has 0 bridgehead atoms. The number of amides is 1. The molecule has 7 heteroatoms. The number of cyclic esters (lactones) is 1. The standard InChI is InChI=1S/C11H11F2NO3.ClH/c12-10(13)17-8-3-1-7(2-4-8)9-5-6-16-11(15)14-9;/h1-4,9-10H,5-6H2,(H,14,15);1H/t9-;/m1./s1. The zero-order valence-electron chi connectivity index (χ0n) is 9.27. The van der Waals surface area contributed by atoms with Crippen molar-refractivity contribution in [2.75, 3.05) is 6.61 Å². The summed E-state index contributed by atoms with van der Waals surface area (Å²) in [5.41, 5.74) is 0.836. The first-order chi connectivity index (χ1) is 8.15. The lowest BCUT2D eigenvalue weighted by molar-refractivity contribution is -0.0498. The van der Waals surface area contributed by atoms with E-state index in [4.69, 9.17) is 4.74 Å². The Hall–Kier alpha value is -1.56. The molecule has 0 aromatic heterocycles. The predicted molar refractivity (Wildman–Crippen MR) is 62.2 cm³/mol. The number of hydrogen-bond acceptors (Lipinski definition) is 3. The molecule has 1 atom stereocenters. The summed E-state index contributed by atoms with van der Waals surface area (Å²) in [5.74, 6) is 0.0992. The van der Waals surface area contributed by atoms with Gasteiger partial charge in [0.15, 0.2) is 0 Å². The zero-order chi connectivity index (χ0) is 12.3. The van der Waals surface area contributed by atoms with Gasteiger partial charge in [0.25, 0.3) is 0 Å². The molecule has 1 N–H and O–H groups in total. The fourth-order valence-corrected chi connectivity index (χ4v) is 1.66. The van der Waals surface area contributed by atoms with Crippen LogP contribution in [0.5, 0.6) is 5.75 Å². The topological polar surface area (TPSA) is 47.6 Å². The van der Waals surface area contributed by atoms with Crippen LogP contribution < -0.4 is 10.1 Å². The van der Waals surface area contributed by atoms with Crippen LogP contribution in [0.25, 0.3) is 0 Å². The Morgan fingerprint density at radius 3 is 2.56 bits per heavy atom. The average Bonchev–Trinajstić information content (AvgIpc) is 2.29. The maximum atomic E-state index is 11.9. The van der Waals surface area contributed by atoms with E-state index >= 15 is 0 Å². The monoisotopic (exact) mass is 279 g/mol. The second kappa shape index (κ2) is 6.39. The van der Waals surface area contributed by atoms with Gasteiger partial charge in [0.05, 0.1) is 12.6 Å². The van der Waals surface area contributed by atoms with Crippen LogP contribution in [-0.4, -0.2) is 19.3 Å². The first-order valence-electron chi connectivity index (χ1n) is 5.13. The fourth-order valence-electron chi connectivity index (χ4n) is 1.66. The van der Waals surface area contributed by atoms with Gasteiger partial charge in [-0.05, 0) is 17.7 Å². The Bertz CT molecular complexity index is 400. The minimum Gasteiger partial charge on any atom is -0.449 e. The van der Waals surface area contributed by atoms with Crippen molar-refractivity contribution in [1.82, 2.24) is 5.32 Å². The number of rotatable bonds is 3. The Labute approximate surface area is 109 Å². The van der Waals surface area contributed by atoms with E-state index in [1.165, 1.54) is 12.1 Å². The van der Waals surface area contributed by atoms with E-state index in [9.17, 15) is 13.6 Å². The van der Waals surface area contributed by atoms with Gasteiger partial charge in [-0.2, -0.15) is 8.78 Å². The van der Waals surface area contributed by atoms with Crippen molar-refractivity contribution in [2.24, 2.45) is 0 Å². The van der Waals surface area contributed by atoms with Crippen LogP contribution in [0.3, 0.4) is 0 Å². The van der Waals surface area contributed by atoms with Crippen molar-refractivity contribution in [3.05, 3.63) is 29.8 Å². The maximum Gasteiger partial charge on any atom is 0.407 e. The normalized spacial score (nSPS) is 18.6. The summed E-state index contributed by atoms with van der Waals surface area (Å²) in [6.07, 6.45) is 0.190. The van der Waals surface area contributed by atoms with Crippen molar-refractivity contribution >= 4 is 18.5 Å². The van der Waals surface area contributed by atoms with E-state index in [2.05, 4.69) is 10.1 Å². The molecule has 1 saturated heterocycles. The lowest BCUT2D eigenvalue weighted by atomic mass is 10.0. The smallest absolute Gasteiger partial charge is 0.407 e. The fraction of sp³-hybridized carbons (Fsp3) is 0.364. The maximum absolute atomic E-state index is 11.9. The van der Waals surface area contributed by atoms with E-state index in [-0.39, 0.29) is 24.2 Å². The van der Waals surface area contributed by atoms with Gasteiger partial charge in [-0.25, -0.2) is 4.79 Å². The first-order valence-corrected chi connectivity index (χ1v) is 5.13. The van der Waals surface area contributed by atoms with Gasteiger partial charge < -0.3 is 14.8 Å². The van der Waals surface area contributed by atoms with Gasteiger partial charge in [0, 0.05) is 6.42 Å². The van der Waals surface area contributed by atoms with Gasteiger partial charge >= 0.3 is 12.7 Å². The number of hydrogen-bond donors (Lipinski definition) is 1. The lowest BCUT2D eigenvalue weighted by Gasteiger charge is -2.23. The molecule has 18 heavy (non-hydrogen) atoms. The summed E-state index contributed by atoms with van der Waals surface area (Å²) in [4.78, 5) is 11.0. The van der Waals surface area contributed by atoms with Crippen molar-refractivity contribution in [3.8, 4) is 5.75 Å². The third-order valence-corrected chi connectivity index (χ3v) is 2.44. The molecule has 1 heterocycles. The van der Waals surface area contributed by atoms with Crippen LogP contribution >= 0.6 is 12.4 Å². The molecule has 0 radical (unpaired) electrons. The third-order valence-electron chi connectivity index (χ3n) is 2.44. The van der Waals surface area contributed by atoms with Crippen LogP contribution in [0.4, 0.5) is 13.6 Å². The number of alkyl carbamates (subject to hydrolysis) is 1. The minimum absolute atomic E-state index is 0. The highest BCUT2D eigenvalue weighted by Gasteiger charge is 2.20. The van der Waals surface area contributed by atoms with Crippen LogP contribution in [0.2, 0.25) is 0 Å². The Morgan fingerprint density at radius 2 is 2.00 bits per heavy atom. The van der Waals surface area contributed by atoms with Crippen LogP contribution in [0.1, 0.15) is 18.0 Å². The summed E-state index contributed by atoms with van der Waals surface area (Å²) in [7, 11) is 0. The molecular formula is C11H12ClF2NO3. The zero-order valence-corrected chi connectivity index (χ0v) is 10.1. The molecular weight excluding hydrogens is 268 g/mol. The summed E-state index contributed by atoms with van der Waals surface area (Å²) < 4.78 is 32.8. The van der Waals surface area contributed by atoms with E-state index in [0.717, 1.165) is 5.56 Å². The Balaban J connectivity index is 0.00000162. The molecule has 0 saturated carbocycles. The SMILES string of the molecule is Cl.O=C1N[C@@H](c2ccc(OC(F)F)cc2)CCO1. The van der Waals surface area contributed by atoms with Crippen LogP contribution in [-0.2, 0) is 4.74 Å². The molecule has 1 fully saturated rings.